The van der Waals surface area contributed by atoms with Crippen LogP contribution in [-0.2, 0) is 6.54 Å². The van der Waals surface area contributed by atoms with Gasteiger partial charge in [-0.2, -0.15) is 5.10 Å². The van der Waals surface area contributed by atoms with E-state index in [9.17, 15) is 4.79 Å². The summed E-state index contributed by atoms with van der Waals surface area (Å²) < 4.78 is 1.87. The highest BCUT2D eigenvalue weighted by Gasteiger charge is 2.32. The second-order valence-corrected chi connectivity index (χ2v) is 8.17. The Kier molecular flexibility index (Phi) is 4.79. The Balaban J connectivity index is 1.54. The summed E-state index contributed by atoms with van der Waals surface area (Å²) in [6.07, 6.45) is 3.96. The number of hydrogen-bond acceptors (Lipinski definition) is 4. The topological polar surface area (TPSA) is 63.1 Å². The first-order valence-corrected chi connectivity index (χ1v) is 10.7. The van der Waals surface area contributed by atoms with Crippen molar-refractivity contribution in [1.29, 1.82) is 0 Å². The molecule has 0 saturated carbocycles. The van der Waals surface area contributed by atoms with E-state index in [-0.39, 0.29) is 5.91 Å². The highest BCUT2D eigenvalue weighted by atomic mass is 16.2. The van der Waals surface area contributed by atoms with Crippen LogP contribution in [0.15, 0.2) is 42.6 Å². The first-order chi connectivity index (χ1) is 14.2. The number of carbonyl (C=O) groups is 1. The Morgan fingerprint density at radius 2 is 1.86 bits per heavy atom. The summed E-state index contributed by atoms with van der Waals surface area (Å²) in [5.41, 5.74) is 3.35. The number of amides is 1. The van der Waals surface area contributed by atoms with Gasteiger partial charge in [-0.15, -0.1) is 0 Å². The van der Waals surface area contributed by atoms with Crippen LogP contribution < -0.4 is 5.32 Å². The molecule has 1 amide bonds. The van der Waals surface area contributed by atoms with E-state index in [4.69, 9.17) is 4.98 Å². The molecule has 0 unspecified atom stereocenters. The molecular weight excluding hydrogens is 362 g/mol. The Hall–Kier alpha value is -2.73. The van der Waals surface area contributed by atoms with Crippen molar-refractivity contribution < 1.29 is 4.79 Å². The lowest BCUT2D eigenvalue weighted by Crippen LogP contribution is -2.33. The molecule has 0 spiro atoms. The lowest BCUT2D eigenvalue weighted by Gasteiger charge is -2.21. The number of benzene rings is 1. The van der Waals surface area contributed by atoms with Crippen molar-refractivity contribution in [2.75, 3.05) is 26.2 Å². The van der Waals surface area contributed by atoms with Crippen molar-refractivity contribution in [2.24, 2.45) is 11.8 Å². The summed E-state index contributed by atoms with van der Waals surface area (Å²) in [4.78, 5) is 20.5. The van der Waals surface area contributed by atoms with Gasteiger partial charge in [0.1, 0.15) is 0 Å². The average Bonchev–Trinajstić information content (AvgIpc) is 3.35. The van der Waals surface area contributed by atoms with Crippen LogP contribution in [0.5, 0.6) is 0 Å². The maximum absolute atomic E-state index is 13.6. The SMILES string of the molecule is CCn1ncc2c(C(=O)N3CC[C@@H]4CNC[C@@H]4CC3)cc(-c3ccccc3)nc21. The summed E-state index contributed by atoms with van der Waals surface area (Å²) >= 11 is 0. The molecule has 2 aliphatic rings. The Morgan fingerprint density at radius 1 is 1.14 bits per heavy atom. The van der Waals surface area contributed by atoms with Crippen molar-refractivity contribution in [3.63, 3.8) is 0 Å². The minimum Gasteiger partial charge on any atom is -0.339 e. The molecule has 29 heavy (non-hydrogen) atoms. The van der Waals surface area contributed by atoms with Crippen LogP contribution in [0.25, 0.3) is 22.3 Å². The van der Waals surface area contributed by atoms with Crippen LogP contribution >= 0.6 is 0 Å². The predicted molar refractivity (Wildman–Crippen MR) is 114 cm³/mol. The van der Waals surface area contributed by atoms with E-state index < -0.39 is 0 Å². The quantitative estimate of drug-likeness (QED) is 0.747. The molecule has 2 aliphatic heterocycles. The zero-order chi connectivity index (χ0) is 19.8. The molecule has 0 radical (unpaired) electrons. The van der Waals surface area contributed by atoms with E-state index >= 15 is 0 Å². The highest BCUT2D eigenvalue weighted by Crippen LogP contribution is 2.30. The van der Waals surface area contributed by atoms with Gasteiger partial charge in [0.15, 0.2) is 5.65 Å². The molecule has 2 fully saturated rings. The summed E-state index contributed by atoms with van der Waals surface area (Å²) in [6.45, 7) is 6.61. The van der Waals surface area contributed by atoms with Crippen LogP contribution in [-0.4, -0.2) is 51.8 Å². The highest BCUT2D eigenvalue weighted by molar-refractivity contribution is 6.06. The monoisotopic (exact) mass is 389 g/mol. The molecule has 0 aliphatic carbocycles. The smallest absolute Gasteiger partial charge is 0.254 e. The molecule has 2 aromatic heterocycles. The number of aryl methyl sites for hydroxylation is 1. The normalized spacial score (nSPS) is 21.9. The van der Waals surface area contributed by atoms with Crippen LogP contribution in [0.3, 0.4) is 0 Å². The predicted octanol–water partition coefficient (Wildman–Crippen LogP) is 3.19. The average molecular weight is 390 g/mol. The number of hydrogen-bond donors (Lipinski definition) is 1. The Morgan fingerprint density at radius 3 is 2.55 bits per heavy atom. The number of likely N-dealkylation sites (tertiary alicyclic amines) is 1. The summed E-state index contributed by atoms with van der Waals surface area (Å²) in [5, 5.41) is 8.83. The maximum Gasteiger partial charge on any atom is 0.254 e. The van der Waals surface area contributed by atoms with Crippen LogP contribution in [0.4, 0.5) is 0 Å². The standard InChI is InChI=1S/C23H27N5O/c1-2-28-22-20(15-25-28)19(12-21(26-22)16-6-4-3-5-7-16)23(29)27-10-8-17-13-24-14-18(17)9-11-27/h3-7,12,15,17-18,24H,2,8-11,13-14H2,1H3/t17-,18+. The van der Waals surface area contributed by atoms with Gasteiger partial charge in [-0.3, -0.25) is 4.79 Å². The van der Waals surface area contributed by atoms with Gasteiger partial charge in [-0.1, -0.05) is 30.3 Å². The molecule has 3 aromatic rings. The van der Waals surface area contributed by atoms with Crippen molar-refractivity contribution in [1.82, 2.24) is 25.0 Å². The van der Waals surface area contributed by atoms with Gasteiger partial charge >= 0.3 is 0 Å². The molecule has 2 atom stereocenters. The van der Waals surface area contributed by atoms with Gasteiger partial charge in [0.2, 0.25) is 0 Å². The molecule has 4 heterocycles. The van der Waals surface area contributed by atoms with Crippen molar-refractivity contribution >= 4 is 16.9 Å². The number of carbonyl (C=O) groups excluding carboxylic acids is 1. The fourth-order valence-corrected chi connectivity index (χ4v) is 4.80. The second-order valence-electron chi connectivity index (χ2n) is 8.17. The molecule has 1 N–H and O–H groups in total. The number of pyridine rings is 1. The first-order valence-electron chi connectivity index (χ1n) is 10.7. The second kappa shape index (κ2) is 7.59. The van der Waals surface area contributed by atoms with E-state index in [2.05, 4.69) is 10.4 Å². The molecule has 150 valence electrons. The van der Waals surface area contributed by atoms with Crippen molar-refractivity contribution in [2.45, 2.75) is 26.3 Å². The van der Waals surface area contributed by atoms with Gasteiger partial charge in [-0.05, 0) is 50.8 Å². The number of fused-ring (bicyclic) bond motifs is 2. The molecule has 1 aromatic carbocycles. The third-order valence-corrected chi connectivity index (χ3v) is 6.52. The minimum absolute atomic E-state index is 0.109. The molecule has 0 bridgehead atoms. The van der Waals surface area contributed by atoms with Crippen molar-refractivity contribution in [3.8, 4) is 11.3 Å². The van der Waals surface area contributed by atoms with E-state index in [1.54, 1.807) is 6.20 Å². The fourth-order valence-electron chi connectivity index (χ4n) is 4.80. The van der Waals surface area contributed by atoms with Gasteiger partial charge in [0, 0.05) is 25.2 Å². The van der Waals surface area contributed by atoms with E-state index in [0.29, 0.717) is 11.8 Å². The molecule has 6 nitrogen and oxygen atoms in total. The van der Waals surface area contributed by atoms with Gasteiger partial charge < -0.3 is 10.2 Å². The van der Waals surface area contributed by atoms with Gasteiger partial charge in [-0.25, -0.2) is 9.67 Å². The first kappa shape index (κ1) is 18.3. The lowest BCUT2D eigenvalue weighted by molar-refractivity contribution is 0.0760. The third kappa shape index (κ3) is 3.31. The molecule has 2 saturated heterocycles. The minimum atomic E-state index is 0.109. The summed E-state index contributed by atoms with van der Waals surface area (Å²) in [6, 6.07) is 12.0. The van der Waals surface area contributed by atoms with Crippen LogP contribution in [0.2, 0.25) is 0 Å². The van der Waals surface area contributed by atoms with E-state index in [1.165, 1.54) is 0 Å². The van der Waals surface area contributed by atoms with Gasteiger partial charge in [0.25, 0.3) is 5.91 Å². The number of nitrogens with one attached hydrogen (secondary N) is 1. The number of aromatic nitrogens is 3. The summed E-state index contributed by atoms with van der Waals surface area (Å²) in [7, 11) is 0. The van der Waals surface area contributed by atoms with Crippen LogP contribution in [0.1, 0.15) is 30.1 Å². The van der Waals surface area contributed by atoms with Crippen molar-refractivity contribution in [3.05, 3.63) is 48.2 Å². The number of rotatable bonds is 3. The maximum atomic E-state index is 13.6. The summed E-state index contributed by atoms with van der Waals surface area (Å²) in [5.74, 6) is 1.51. The molecule has 6 heteroatoms. The van der Waals surface area contributed by atoms with Gasteiger partial charge in [0.05, 0.1) is 22.8 Å². The largest absolute Gasteiger partial charge is 0.339 e. The van der Waals surface area contributed by atoms with E-state index in [0.717, 1.165) is 73.4 Å². The zero-order valence-corrected chi connectivity index (χ0v) is 16.8. The molecule has 5 rings (SSSR count). The zero-order valence-electron chi connectivity index (χ0n) is 16.8. The Bertz CT molecular complexity index is 1010. The van der Waals surface area contributed by atoms with Crippen LogP contribution in [0, 0.1) is 11.8 Å². The third-order valence-electron chi connectivity index (χ3n) is 6.52. The van der Waals surface area contributed by atoms with E-state index in [1.807, 2.05) is 52.9 Å². The number of nitrogens with zero attached hydrogens (tertiary/aromatic N) is 4. The fraction of sp³-hybridized carbons (Fsp3) is 0.435. The lowest BCUT2D eigenvalue weighted by atomic mass is 9.92. The Labute approximate surface area is 170 Å². The molecular formula is C23H27N5O.